The number of nitrogens with zero attached hydrogens (tertiary/aromatic N) is 4. The predicted octanol–water partition coefficient (Wildman–Crippen LogP) is 3.16. The minimum Gasteiger partial charge on any atom is -0.497 e. The Bertz CT molecular complexity index is 1250. The number of piperidine rings is 1. The van der Waals surface area contributed by atoms with E-state index in [0.717, 1.165) is 36.7 Å². The molecule has 3 heterocycles. The smallest absolute Gasteiger partial charge is 0.248 e. The number of halogens is 2. The zero-order chi connectivity index (χ0) is 28.1. The van der Waals surface area contributed by atoms with Crippen molar-refractivity contribution in [2.75, 3.05) is 73.2 Å². The Morgan fingerprint density at radius 1 is 0.905 bits per heavy atom. The first-order valence-electron chi connectivity index (χ1n) is 14.3. The van der Waals surface area contributed by atoms with Crippen molar-refractivity contribution < 1.29 is 22.7 Å². The molecule has 0 saturated carbocycles. The van der Waals surface area contributed by atoms with Crippen molar-refractivity contribution in [1.82, 2.24) is 19.0 Å². The second-order valence-corrected chi connectivity index (χ2v) is 13.2. The number of fused-ring (bicyclic) bond motifs is 1. The first kappa shape index (κ1) is 34.6. The van der Waals surface area contributed by atoms with Gasteiger partial charge in [0, 0.05) is 39.3 Å². The highest BCUT2D eigenvalue weighted by Gasteiger charge is 2.36. The van der Waals surface area contributed by atoms with E-state index in [1.54, 1.807) is 31.4 Å². The molecule has 0 aliphatic carbocycles. The van der Waals surface area contributed by atoms with E-state index in [9.17, 15) is 13.2 Å². The van der Waals surface area contributed by atoms with Crippen molar-refractivity contribution >= 4 is 40.7 Å². The summed E-state index contributed by atoms with van der Waals surface area (Å²) < 4.78 is 40.0. The number of hydrogen-bond acceptors (Lipinski definition) is 7. The van der Waals surface area contributed by atoms with Crippen LogP contribution in [-0.4, -0.2) is 113 Å². The summed E-state index contributed by atoms with van der Waals surface area (Å²) in [6.07, 6.45) is 3.04. The summed E-state index contributed by atoms with van der Waals surface area (Å²) in [4.78, 5) is 19.9. The highest BCUT2D eigenvalue weighted by molar-refractivity contribution is 7.89. The lowest BCUT2D eigenvalue weighted by Crippen LogP contribution is -2.51. The fourth-order valence-electron chi connectivity index (χ4n) is 6.03. The van der Waals surface area contributed by atoms with Crippen LogP contribution in [0.15, 0.2) is 53.4 Å². The number of rotatable bonds is 9. The molecule has 0 N–H and O–H groups in total. The van der Waals surface area contributed by atoms with Gasteiger partial charge in [0.25, 0.3) is 0 Å². The minimum atomic E-state index is -3.78. The minimum absolute atomic E-state index is 0. The molecule has 1 atom stereocenters. The van der Waals surface area contributed by atoms with Crippen molar-refractivity contribution in [2.45, 2.75) is 36.7 Å². The molecule has 5 rings (SSSR count). The predicted molar refractivity (Wildman–Crippen MR) is 168 cm³/mol. The molecule has 0 bridgehead atoms. The van der Waals surface area contributed by atoms with E-state index in [1.807, 2.05) is 29.2 Å². The summed E-state index contributed by atoms with van der Waals surface area (Å²) in [7, 11) is -0.0380. The van der Waals surface area contributed by atoms with Crippen LogP contribution in [0.2, 0.25) is 0 Å². The number of carbonyl (C=O) groups excluding carboxylic acids is 1. The number of sulfonamides is 1. The lowest BCUT2D eigenvalue weighted by Gasteiger charge is -2.38. The third-order valence-electron chi connectivity index (χ3n) is 8.59. The van der Waals surface area contributed by atoms with Crippen LogP contribution in [0.1, 0.15) is 24.0 Å². The summed E-state index contributed by atoms with van der Waals surface area (Å²) in [5.41, 5.74) is 2.11. The number of hydrogen-bond donors (Lipinski definition) is 0. The Kier molecular flexibility index (Phi) is 12.9. The van der Waals surface area contributed by atoms with Gasteiger partial charge in [-0.2, -0.15) is 4.31 Å². The molecule has 42 heavy (non-hydrogen) atoms. The van der Waals surface area contributed by atoms with Crippen LogP contribution in [0.5, 0.6) is 5.75 Å². The van der Waals surface area contributed by atoms with E-state index >= 15 is 0 Å². The number of benzene rings is 2. The molecule has 2 aromatic rings. The van der Waals surface area contributed by atoms with Gasteiger partial charge in [0.2, 0.25) is 15.9 Å². The summed E-state index contributed by atoms with van der Waals surface area (Å²) in [6, 6.07) is 14.0. The van der Waals surface area contributed by atoms with Crippen molar-refractivity contribution in [3.63, 3.8) is 0 Å². The van der Waals surface area contributed by atoms with E-state index in [4.69, 9.17) is 9.47 Å². The first-order valence-corrected chi connectivity index (χ1v) is 15.8. The van der Waals surface area contributed by atoms with E-state index in [0.29, 0.717) is 25.3 Å². The second kappa shape index (κ2) is 15.7. The fourth-order valence-corrected chi connectivity index (χ4v) is 7.62. The molecule has 0 radical (unpaired) electrons. The number of amides is 1. The molecule has 9 nitrogen and oxygen atoms in total. The number of carbonyl (C=O) groups is 1. The van der Waals surface area contributed by atoms with Crippen LogP contribution in [0.3, 0.4) is 0 Å². The average Bonchev–Trinajstić information content (AvgIpc) is 2.98. The maximum atomic E-state index is 13.7. The van der Waals surface area contributed by atoms with Crippen LogP contribution in [0.25, 0.3) is 0 Å². The Morgan fingerprint density at radius 3 is 2.19 bits per heavy atom. The quantitative estimate of drug-likeness (QED) is 0.416. The van der Waals surface area contributed by atoms with Crippen LogP contribution in [0, 0.1) is 5.92 Å². The molecule has 2 fully saturated rings. The van der Waals surface area contributed by atoms with Gasteiger partial charge in [0.05, 0.1) is 24.7 Å². The average molecular weight is 644 g/mol. The monoisotopic (exact) mass is 642 g/mol. The Balaban J connectivity index is 0.00000242. The van der Waals surface area contributed by atoms with Gasteiger partial charge >= 0.3 is 0 Å². The Hall–Kier alpha value is -1.92. The molecule has 1 amide bonds. The molecule has 3 aliphatic heterocycles. The van der Waals surface area contributed by atoms with E-state index in [2.05, 4.69) is 16.8 Å². The molecule has 234 valence electrons. The zero-order valence-electron chi connectivity index (χ0n) is 24.5. The van der Waals surface area contributed by atoms with Crippen LogP contribution < -0.4 is 4.74 Å². The van der Waals surface area contributed by atoms with Gasteiger partial charge in [-0.25, -0.2) is 8.42 Å². The molecule has 3 aliphatic rings. The molecular formula is C30H44Cl2N4O5S. The maximum Gasteiger partial charge on any atom is 0.248 e. The number of likely N-dealkylation sites (tertiary alicyclic amines) is 1. The summed E-state index contributed by atoms with van der Waals surface area (Å²) in [5.74, 6) is 1.32. The second-order valence-electron chi connectivity index (χ2n) is 11.3. The first-order chi connectivity index (χ1) is 19.3. The van der Waals surface area contributed by atoms with Crippen LogP contribution in [0.4, 0.5) is 0 Å². The molecule has 2 saturated heterocycles. The van der Waals surface area contributed by atoms with E-state index in [1.165, 1.54) is 30.2 Å². The van der Waals surface area contributed by atoms with Crippen molar-refractivity contribution in [3.05, 3.63) is 59.7 Å². The maximum absolute atomic E-state index is 13.7. The lowest BCUT2D eigenvalue weighted by molar-refractivity contribution is -0.138. The number of piperazine rings is 1. The van der Waals surface area contributed by atoms with E-state index < -0.39 is 16.1 Å². The molecule has 12 heteroatoms. The molecular weight excluding hydrogens is 599 g/mol. The van der Waals surface area contributed by atoms with Gasteiger partial charge in [-0.15, -0.1) is 24.8 Å². The SMILES string of the molecule is COc1ccc(S(=O)(=O)N2Cc3ccccc3CC2COCC(=O)N2CCN(CC3CCN(C)CC3)CC2)cc1.Cl.Cl. The number of methoxy groups -OCH3 is 1. The standard InChI is InChI=1S/C30H42N4O5S.2ClH/c1-31-13-11-24(12-14-31)20-32-15-17-33(18-16-32)30(35)23-39-22-27-19-25-5-3-4-6-26(25)21-34(27)40(36,37)29-9-7-28(38-2)8-10-29;;/h3-10,24,27H,11-23H2,1-2H3;2*1H. The molecule has 1 unspecified atom stereocenters. The normalized spacial score (nSPS) is 20.7. The fraction of sp³-hybridized carbons (Fsp3) is 0.567. The zero-order valence-corrected chi connectivity index (χ0v) is 27.0. The van der Waals surface area contributed by atoms with Gasteiger partial charge in [-0.3, -0.25) is 9.69 Å². The van der Waals surface area contributed by atoms with Crippen molar-refractivity contribution in [1.29, 1.82) is 0 Å². The Morgan fingerprint density at radius 2 is 1.55 bits per heavy atom. The highest BCUT2D eigenvalue weighted by Crippen LogP contribution is 2.30. The van der Waals surface area contributed by atoms with Crippen LogP contribution in [-0.2, 0) is 32.5 Å². The third kappa shape index (κ3) is 8.37. The van der Waals surface area contributed by atoms with Crippen molar-refractivity contribution in [2.24, 2.45) is 5.92 Å². The summed E-state index contributed by atoms with van der Waals surface area (Å²) in [5, 5.41) is 0. The molecule has 2 aromatic carbocycles. The molecule has 0 spiro atoms. The van der Waals surface area contributed by atoms with Crippen LogP contribution >= 0.6 is 24.8 Å². The van der Waals surface area contributed by atoms with Gasteiger partial charge in [0.1, 0.15) is 12.4 Å². The van der Waals surface area contributed by atoms with Crippen molar-refractivity contribution in [3.8, 4) is 5.75 Å². The largest absolute Gasteiger partial charge is 0.497 e. The van der Waals surface area contributed by atoms with E-state index in [-0.39, 0.29) is 55.4 Å². The number of ether oxygens (including phenoxy) is 2. The molecule has 0 aromatic heterocycles. The summed E-state index contributed by atoms with van der Waals surface area (Å²) in [6.45, 7) is 7.07. The van der Waals surface area contributed by atoms with Gasteiger partial charge in [0.15, 0.2) is 0 Å². The third-order valence-corrected chi connectivity index (χ3v) is 10.5. The highest BCUT2D eigenvalue weighted by atomic mass is 35.5. The summed E-state index contributed by atoms with van der Waals surface area (Å²) >= 11 is 0. The van der Waals surface area contributed by atoms with Gasteiger partial charge < -0.3 is 19.3 Å². The Labute approximate surface area is 263 Å². The lowest BCUT2D eigenvalue weighted by atomic mass is 9.96. The topological polar surface area (TPSA) is 82.6 Å². The van der Waals surface area contributed by atoms with Gasteiger partial charge in [-0.05, 0) is 80.7 Å². The van der Waals surface area contributed by atoms with Gasteiger partial charge in [-0.1, -0.05) is 24.3 Å².